The van der Waals surface area contributed by atoms with E-state index < -0.39 is 23.9 Å². The number of halogens is 2. The summed E-state index contributed by atoms with van der Waals surface area (Å²) >= 11 is 5.73. The van der Waals surface area contributed by atoms with E-state index in [1.165, 1.54) is 17.0 Å². The van der Waals surface area contributed by atoms with Crippen molar-refractivity contribution in [3.05, 3.63) is 70.1 Å². The normalized spacial score (nSPS) is 15.6. The third-order valence-corrected chi connectivity index (χ3v) is 5.51. The first-order chi connectivity index (χ1) is 16.2. The Morgan fingerprint density at radius 2 is 1.76 bits per heavy atom. The second kappa shape index (κ2) is 11.0. The largest absolute Gasteiger partial charge is 0.463 e. The second-order valence-corrected chi connectivity index (χ2v) is 7.99. The Morgan fingerprint density at radius 1 is 1.12 bits per heavy atom. The van der Waals surface area contributed by atoms with E-state index >= 15 is 0 Å². The zero-order valence-electron chi connectivity index (χ0n) is 19.1. The van der Waals surface area contributed by atoms with Gasteiger partial charge in [-0.3, -0.25) is 4.90 Å². The third kappa shape index (κ3) is 5.66. The van der Waals surface area contributed by atoms with Gasteiger partial charge in [-0.2, -0.15) is 0 Å². The predicted molar refractivity (Wildman–Crippen MR) is 128 cm³/mol. The molecule has 0 saturated heterocycles. The van der Waals surface area contributed by atoms with E-state index in [2.05, 4.69) is 16.0 Å². The van der Waals surface area contributed by atoms with Gasteiger partial charge < -0.3 is 20.7 Å². The Balaban J connectivity index is 1.78. The molecule has 1 aliphatic rings. The molecule has 0 radical (unpaired) electrons. The summed E-state index contributed by atoms with van der Waals surface area (Å²) in [5, 5.41) is 8.01. The number of ether oxygens (including phenoxy) is 1. The smallest absolute Gasteiger partial charge is 0.338 e. The molecule has 10 heteroatoms. The molecule has 0 aliphatic carbocycles. The standard InChI is InChI=1S/C24H26ClFN4O4/c1-4-12-30-14(3)20(22(31)34-5-2)21(29-24(30)33)15-6-8-16(9-7-15)27-23(32)28-17-10-11-19(26)18(25)13-17/h6-11,13,21H,4-5,12H2,1-3H3,(H,29,33)(H2,27,28,32). The summed E-state index contributed by atoms with van der Waals surface area (Å²) in [5.41, 5.74) is 2.38. The van der Waals surface area contributed by atoms with Gasteiger partial charge in [0.15, 0.2) is 0 Å². The van der Waals surface area contributed by atoms with E-state index in [0.29, 0.717) is 34.8 Å². The fourth-order valence-electron chi connectivity index (χ4n) is 3.62. The molecule has 1 unspecified atom stereocenters. The van der Waals surface area contributed by atoms with Crippen LogP contribution in [-0.2, 0) is 9.53 Å². The topological polar surface area (TPSA) is 99.8 Å². The Labute approximate surface area is 202 Å². The lowest BCUT2D eigenvalue weighted by Gasteiger charge is -2.35. The van der Waals surface area contributed by atoms with Gasteiger partial charge in [0.1, 0.15) is 5.82 Å². The van der Waals surface area contributed by atoms with Crippen LogP contribution in [0.15, 0.2) is 53.7 Å². The van der Waals surface area contributed by atoms with Crippen molar-refractivity contribution < 1.29 is 23.5 Å². The average Bonchev–Trinajstić information content (AvgIpc) is 2.79. The summed E-state index contributed by atoms with van der Waals surface area (Å²) in [6, 6.07) is 9.03. The van der Waals surface area contributed by atoms with Crippen molar-refractivity contribution >= 4 is 41.0 Å². The number of esters is 1. The van der Waals surface area contributed by atoms with Crippen LogP contribution in [0, 0.1) is 5.82 Å². The van der Waals surface area contributed by atoms with Gasteiger partial charge in [0.2, 0.25) is 0 Å². The molecule has 2 aromatic carbocycles. The lowest BCUT2D eigenvalue weighted by Crippen LogP contribution is -2.48. The van der Waals surface area contributed by atoms with Crippen LogP contribution >= 0.6 is 11.6 Å². The number of benzene rings is 2. The molecule has 1 aliphatic heterocycles. The van der Waals surface area contributed by atoms with Crippen LogP contribution in [0.3, 0.4) is 0 Å². The molecule has 180 valence electrons. The van der Waals surface area contributed by atoms with Gasteiger partial charge in [-0.15, -0.1) is 0 Å². The first-order valence-corrected chi connectivity index (χ1v) is 11.2. The maximum atomic E-state index is 13.3. The highest BCUT2D eigenvalue weighted by Crippen LogP contribution is 2.32. The van der Waals surface area contributed by atoms with Gasteiger partial charge in [0.25, 0.3) is 0 Å². The molecule has 0 aromatic heterocycles. The van der Waals surface area contributed by atoms with E-state index in [1.54, 1.807) is 38.1 Å². The fraction of sp³-hybridized carbons (Fsp3) is 0.292. The summed E-state index contributed by atoms with van der Waals surface area (Å²) < 4.78 is 18.5. The lowest BCUT2D eigenvalue weighted by molar-refractivity contribution is -0.139. The highest BCUT2D eigenvalue weighted by Gasteiger charge is 2.36. The van der Waals surface area contributed by atoms with Crippen molar-refractivity contribution in [2.24, 2.45) is 0 Å². The SMILES string of the molecule is CCCN1C(=O)NC(c2ccc(NC(=O)Nc3ccc(F)c(Cl)c3)cc2)C(C(=O)OCC)=C1C. The molecule has 1 heterocycles. The molecule has 1 atom stereocenters. The summed E-state index contributed by atoms with van der Waals surface area (Å²) in [7, 11) is 0. The van der Waals surface area contributed by atoms with Gasteiger partial charge in [0.05, 0.1) is 23.2 Å². The summed E-state index contributed by atoms with van der Waals surface area (Å²) in [5.74, 6) is -1.08. The fourth-order valence-corrected chi connectivity index (χ4v) is 3.80. The minimum Gasteiger partial charge on any atom is -0.463 e. The number of amides is 4. The number of allylic oxidation sites excluding steroid dienone is 1. The Kier molecular flexibility index (Phi) is 8.12. The molecule has 3 N–H and O–H groups in total. The Hall–Kier alpha value is -3.59. The lowest BCUT2D eigenvalue weighted by atomic mass is 9.94. The van der Waals surface area contributed by atoms with Gasteiger partial charge in [-0.25, -0.2) is 18.8 Å². The van der Waals surface area contributed by atoms with Gasteiger partial charge in [0, 0.05) is 23.6 Å². The number of hydrogen-bond donors (Lipinski definition) is 3. The molecule has 0 fully saturated rings. The minimum absolute atomic E-state index is 0.102. The van der Waals surface area contributed by atoms with Gasteiger partial charge in [-0.1, -0.05) is 30.7 Å². The Morgan fingerprint density at radius 3 is 2.38 bits per heavy atom. The van der Waals surface area contributed by atoms with E-state index in [0.717, 1.165) is 12.5 Å². The van der Waals surface area contributed by atoms with Crippen molar-refractivity contribution in [1.29, 1.82) is 0 Å². The molecular formula is C24H26ClFN4O4. The van der Waals surface area contributed by atoms with E-state index in [4.69, 9.17) is 16.3 Å². The monoisotopic (exact) mass is 488 g/mol. The molecular weight excluding hydrogens is 463 g/mol. The van der Waals surface area contributed by atoms with Crippen LogP contribution < -0.4 is 16.0 Å². The van der Waals surface area contributed by atoms with E-state index in [1.807, 2.05) is 6.92 Å². The third-order valence-electron chi connectivity index (χ3n) is 5.22. The molecule has 3 rings (SSSR count). The molecule has 0 spiro atoms. The maximum Gasteiger partial charge on any atom is 0.338 e. The quantitative estimate of drug-likeness (QED) is 0.452. The highest BCUT2D eigenvalue weighted by atomic mass is 35.5. The van der Waals surface area contributed by atoms with Crippen molar-refractivity contribution in [2.45, 2.75) is 33.2 Å². The number of carbonyl (C=O) groups excluding carboxylic acids is 3. The zero-order chi connectivity index (χ0) is 24.8. The van der Waals surface area contributed by atoms with Crippen LogP contribution in [0.5, 0.6) is 0 Å². The average molecular weight is 489 g/mol. The number of hydrogen-bond acceptors (Lipinski definition) is 4. The van der Waals surface area contributed by atoms with Crippen molar-refractivity contribution in [2.75, 3.05) is 23.8 Å². The zero-order valence-corrected chi connectivity index (χ0v) is 19.8. The minimum atomic E-state index is -0.691. The first-order valence-electron chi connectivity index (χ1n) is 10.8. The van der Waals surface area contributed by atoms with E-state index in [-0.39, 0.29) is 17.7 Å². The second-order valence-electron chi connectivity index (χ2n) is 7.58. The summed E-state index contributed by atoms with van der Waals surface area (Å²) in [4.78, 5) is 39.2. The molecule has 0 bridgehead atoms. The number of anilines is 2. The molecule has 4 amide bonds. The van der Waals surface area contributed by atoms with Crippen molar-refractivity contribution in [3.63, 3.8) is 0 Å². The van der Waals surface area contributed by atoms with Gasteiger partial charge in [-0.05, 0) is 56.2 Å². The summed E-state index contributed by atoms with van der Waals surface area (Å²) in [6.45, 7) is 6.09. The van der Waals surface area contributed by atoms with E-state index in [9.17, 15) is 18.8 Å². The number of rotatable bonds is 7. The number of urea groups is 2. The first kappa shape index (κ1) is 25.0. The van der Waals surface area contributed by atoms with Crippen LogP contribution in [0.1, 0.15) is 38.8 Å². The predicted octanol–water partition coefficient (Wildman–Crippen LogP) is 5.44. The summed E-state index contributed by atoms with van der Waals surface area (Å²) in [6.07, 6.45) is 0.734. The Bertz CT molecular complexity index is 1120. The molecule has 0 saturated carbocycles. The van der Waals surface area contributed by atoms with Crippen molar-refractivity contribution in [3.8, 4) is 0 Å². The number of nitrogens with one attached hydrogen (secondary N) is 3. The number of nitrogens with zero attached hydrogens (tertiary/aromatic N) is 1. The number of carbonyl (C=O) groups is 3. The van der Waals surface area contributed by atoms with Crippen molar-refractivity contribution in [1.82, 2.24) is 10.2 Å². The van der Waals surface area contributed by atoms with Crippen LogP contribution in [0.4, 0.5) is 25.4 Å². The molecule has 2 aromatic rings. The van der Waals surface area contributed by atoms with Gasteiger partial charge >= 0.3 is 18.0 Å². The van der Waals surface area contributed by atoms with Crippen LogP contribution in [0.2, 0.25) is 5.02 Å². The highest BCUT2D eigenvalue weighted by molar-refractivity contribution is 6.31. The molecule has 8 nitrogen and oxygen atoms in total. The molecule has 34 heavy (non-hydrogen) atoms. The van der Waals surface area contributed by atoms with Crippen LogP contribution in [0.25, 0.3) is 0 Å². The maximum absolute atomic E-state index is 13.3. The van der Waals surface area contributed by atoms with Crippen LogP contribution in [-0.4, -0.2) is 36.1 Å².